The van der Waals surface area contributed by atoms with Gasteiger partial charge in [-0.3, -0.25) is 4.79 Å². The smallest absolute Gasteiger partial charge is 0.303 e. The SMILES string of the molecule is CCCCC(OC(C)=O)c1cccc(C(C)(C)C)c1. The number of hydrogen-bond donors (Lipinski definition) is 0. The molecule has 0 aliphatic heterocycles. The molecule has 1 unspecified atom stereocenters. The molecule has 0 N–H and O–H groups in total. The Morgan fingerprint density at radius 3 is 2.53 bits per heavy atom. The number of rotatable bonds is 5. The van der Waals surface area contributed by atoms with E-state index < -0.39 is 0 Å². The van der Waals surface area contributed by atoms with Crippen molar-refractivity contribution in [2.24, 2.45) is 0 Å². The molecule has 0 fully saturated rings. The van der Waals surface area contributed by atoms with E-state index in [4.69, 9.17) is 4.74 Å². The van der Waals surface area contributed by atoms with Crippen LogP contribution in [0, 0.1) is 0 Å². The Hall–Kier alpha value is -1.31. The van der Waals surface area contributed by atoms with Gasteiger partial charge >= 0.3 is 5.97 Å². The standard InChI is InChI=1S/C17H26O2/c1-6-7-11-16(19-13(2)18)14-9-8-10-15(12-14)17(3,4)5/h8-10,12,16H,6-7,11H2,1-5H3. The molecule has 1 atom stereocenters. The minimum absolute atomic E-state index is 0.111. The van der Waals surface area contributed by atoms with E-state index in [2.05, 4.69) is 52.0 Å². The maximum Gasteiger partial charge on any atom is 0.303 e. The Morgan fingerprint density at radius 2 is 2.00 bits per heavy atom. The second-order valence-corrected chi connectivity index (χ2v) is 6.12. The first-order valence-electron chi connectivity index (χ1n) is 7.12. The number of ether oxygens (including phenoxy) is 1. The number of esters is 1. The third kappa shape index (κ3) is 5.06. The van der Waals surface area contributed by atoms with Gasteiger partial charge in [-0.1, -0.05) is 58.4 Å². The highest BCUT2D eigenvalue weighted by Gasteiger charge is 2.18. The quantitative estimate of drug-likeness (QED) is 0.714. The highest BCUT2D eigenvalue weighted by Crippen LogP contribution is 2.29. The number of hydrogen-bond acceptors (Lipinski definition) is 2. The third-order valence-corrected chi connectivity index (χ3v) is 3.25. The van der Waals surface area contributed by atoms with Crippen LogP contribution in [-0.4, -0.2) is 5.97 Å². The van der Waals surface area contributed by atoms with E-state index in [1.165, 1.54) is 12.5 Å². The summed E-state index contributed by atoms with van der Waals surface area (Å²) >= 11 is 0. The minimum atomic E-state index is -0.206. The van der Waals surface area contributed by atoms with Crippen molar-refractivity contribution in [1.82, 2.24) is 0 Å². The zero-order valence-corrected chi connectivity index (χ0v) is 12.8. The van der Waals surface area contributed by atoms with Crippen LogP contribution in [-0.2, 0) is 14.9 Å². The van der Waals surface area contributed by atoms with Gasteiger partial charge in [0.05, 0.1) is 0 Å². The summed E-state index contributed by atoms with van der Waals surface area (Å²) in [4.78, 5) is 11.3. The number of unbranched alkanes of at least 4 members (excludes halogenated alkanes) is 1. The Morgan fingerprint density at radius 1 is 1.32 bits per heavy atom. The topological polar surface area (TPSA) is 26.3 Å². The van der Waals surface area contributed by atoms with E-state index in [-0.39, 0.29) is 17.5 Å². The lowest BCUT2D eigenvalue weighted by Crippen LogP contribution is -2.13. The van der Waals surface area contributed by atoms with Crippen LogP contribution in [0.3, 0.4) is 0 Å². The van der Waals surface area contributed by atoms with E-state index in [0.29, 0.717) is 0 Å². The molecule has 106 valence electrons. The lowest BCUT2D eigenvalue weighted by atomic mass is 9.85. The summed E-state index contributed by atoms with van der Waals surface area (Å²) < 4.78 is 5.47. The third-order valence-electron chi connectivity index (χ3n) is 3.25. The molecule has 2 nitrogen and oxygen atoms in total. The van der Waals surface area contributed by atoms with Crippen LogP contribution in [0.2, 0.25) is 0 Å². The first-order chi connectivity index (χ1) is 8.84. The molecule has 1 aromatic rings. The van der Waals surface area contributed by atoms with E-state index in [1.54, 1.807) is 0 Å². The van der Waals surface area contributed by atoms with Crippen LogP contribution in [0.25, 0.3) is 0 Å². The first kappa shape index (κ1) is 15.7. The lowest BCUT2D eigenvalue weighted by Gasteiger charge is -2.23. The highest BCUT2D eigenvalue weighted by atomic mass is 16.5. The molecule has 0 radical (unpaired) electrons. The summed E-state index contributed by atoms with van der Waals surface area (Å²) in [5.41, 5.74) is 2.50. The van der Waals surface area contributed by atoms with Gasteiger partial charge in [-0.2, -0.15) is 0 Å². The molecule has 19 heavy (non-hydrogen) atoms. The largest absolute Gasteiger partial charge is 0.458 e. The average molecular weight is 262 g/mol. The zero-order chi connectivity index (χ0) is 14.5. The van der Waals surface area contributed by atoms with Gasteiger partial charge in [-0.05, 0) is 29.4 Å². The Kier molecular flexibility index (Phi) is 5.59. The van der Waals surface area contributed by atoms with E-state index >= 15 is 0 Å². The summed E-state index contributed by atoms with van der Waals surface area (Å²) in [5.74, 6) is -0.206. The van der Waals surface area contributed by atoms with Gasteiger partial charge in [-0.25, -0.2) is 0 Å². The monoisotopic (exact) mass is 262 g/mol. The summed E-state index contributed by atoms with van der Waals surface area (Å²) in [6.45, 7) is 10.2. The predicted molar refractivity (Wildman–Crippen MR) is 79.2 cm³/mol. The van der Waals surface area contributed by atoms with E-state index in [1.807, 2.05) is 0 Å². The second kappa shape index (κ2) is 6.74. The molecule has 0 aliphatic carbocycles. The van der Waals surface area contributed by atoms with Gasteiger partial charge < -0.3 is 4.74 Å². The van der Waals surface area contributed by atoms with Crippen LogP contribution in [0.15, 0.2) is 24.3 Å². The van der Waals surface area contributed by atoms with Crippen LogP contribution in [0.4, 0.5) is 0 Å². The van der Waals surface area contributed by atoms with Crippen molar-refractivity contribution in [1.29, 1.82) is 0 Å². The van der Waals surface area contributed by atoms with Gasteiger partial charge in [0.15, 0.2) is 0 Å². The molecule has 2 heteroatoms. The van der Waals surface area contributed by atoms with Crippen LogP contribution >= 0.6 is 0 Å². The predicted octanol–water partition coefficient (Wildman–Crippen LogP) is 4.78. The molecular weight excluding hydrogens is 236 g/mol. The Labute approximate surface area is 117 Å². The van der Waals surface area contributed by atoms with Crippen LogP contribution in [0.1, 0.15) is 71.1 Å². The first-order valence-corrected chi connectivity index (χ1v) is 7.12. The Balaban J connectivity index is 2.97. The summed E-state index contributed by atoms with van der Waals surface area (Å²) in [6.07, 6.45) is 2.96. The second-order valence-electron chi connectivity index (χ2n) is 6.12. The van der Waals surface area contributed by atoms with Crippen LogP contribution in [0.5, 0.6) is 0 Å². The van der Waals surface area contributed by atoms with Crippen LogP contribution < -0.4 is 0 Å². The van der Waals surface area contributed by atoms with Gasteiger partial charge in [0.1, 0.15) is 6.10 Å². The van der Waals surface area contributed by atoms with Crippen molar-refractivity contribution in [3.05, 3.63) is 35.4 Å². The van der Waals surface area contributed by atoms with Crippen molar-refractivity contribution >= 4 is 5.97 Å². The number of carbonyl (C=O) groups is 1. The molecule has 0 saturated carbocycles. The maximum absolute atomic E-state index is 11.3. The molecule has 1 aromatic carbocycles. The molecule has 1 rings (SSSR count). The molecule has 0 aromatic heterocycles. The molecule has 0 spiro atoms. The van der Waals surface area contributed by atoms with Crippen molar-refractivity contribution in [3.63, 3.8) is 0 Å². The fraction of sp³-hybridized carbons (Fsp3) is 0.588. The van der Waals surface area contributed by atoms with Crippen molar-refractivity contribution in [2.45, 2.75) is 65.4 Å². The van der Waals surface area contributed by atoms with Gasteiger partial charge in [0.2, 0.25) is 0 Å². The van der Waals surface area contributed by atoms with Crippen molar-refractivity contribution in [2.75, 3.05) is 0 Å². The van der Waals surface area contributed by atoms with Gasteiger partial charge in [-0.15, -0.1) is 0 Å². The van der Waals surface area contributed by atoms with Gasteiger partial charge in [0, 0.05) is 6.92 Å². The molecule has 0 saturated heterocycles. The summed E-state index contributed by atoms with van der Waals surface area (Å²) in [6, 6.07) is 8.41. The molecule has 0 aliphatic rings. The highest BCUT2D eigenvalue weighted by molar-refractivity contribution is 5.66. The number of benzene rings is 1. The fourth-order valence-electron chi connectivity index (χ4n) is 2.09. The fourth-order valence-corrected chi connectivity index (χ4v) is 2.09. The molecule has 0 heterocycles. The van der Waals surface area contributed by atoms with E-state index in [0.717, 1.165) is 24.8 Å². The van der Waals surface area contributed by atoms with E-state index in [9.17, 15) is 4.79 Å². The zero-order valence-electron chi connectivity index (χ0n) is 12.8. The summed E-state index contributed by atoms with van der Waals surface area (Å²) in [5, 5.41) is 0. The molecule has 0 amide bonds. The van der Waals surface area contributed by atoms with Crippen molar-refractivity contribution < 1.29 is 9.53 Å². The van der Waals surface area contributed by atoms with Gasteiger partial charge in [0.25, 0.3) is 0 Å². The maximum atomic E-state index is 11.3. The number of carbonyl (C=O) groups excluding carboxylic acids is 1. The lowest BCUT2D eigenvalue weighted by molar-refractivity contribution is -0.147. The molecular formula is C17H26O2. The minimum Gasteiger partial charge on any atom is -0.458 e. The normalized spacial score (nSPS) is 13.1. The summed E-state index contributed by atoms with van der Waals surface area (Å²) in [7, 11) is 0. The average Bonchev–Trinajstić information content (AvgIpc) is 2.33. The van der Waals surface area contributed by atoms with Crippen molar-refractivity contribution in [3.8, 4) is 0 Å². The molecule has 0 bridgehead atoms. The Bertz CT molecular complexity index is 416.